The van der Waals surface area contributed by atoms with Crippen molar-refractivity contribution < 1.29 is 38.1 Å². The van der Waals surface area contributed by atoms with Crippen LogP contribution in [0.3, 0.4) is 0 Å². The van der Waals surface area contributed by atoms with Gasteiger partial charge in [-0.15, -0.1) is 0 Å². The summed E-state index contributed by atoms with van der Waals surface area (Å²) in [6.45, 7) is 20.1. The van der Waals surface area contributed by atoms with E-state index in [1.807, 2.05) is 35.3 Å². The number of allylic oxidation sites excluding steroid dienone is 1. The number of carbonyl (C=O) groups is 4. The predicted molar refractivity (Wildman–Crippen MR) is 160 cm³/mol. The van der Waals surface area contributed by atoms with Gasteiger partial charge in [0, 0.05) is 0 Å². The van der Waals surface area contributed by atoms with E-state index < -0.39 is 64.0 Å². The zero-order valence-corrected chi connectivity index (χ0v) is 28.4. The molecule has 8 nitrogen and oxygen atoms in total. The van der Waals surface area contributed by atoms with Crippen LogP contribution >= 0.6 is 0 Å². The predicted octanol–water partition coefficient (Wildman–Crippen LogP) is 5.28. The molecular weight excluding hydrogens is 591 g/mol. The summed E-state index contributed by atoms with van der Waals surface area (Å²) in [5.41, 5.74) is -5.83. The molecule has 0 unspecified atom stereocenters. The average molecular weight is 640 g/mol. The molecule has 0 atom stereocenters. The second-order valence-electron chi connectivity index (χ2n) is 13.9. The molecule has 0 spiro atoms. The molecule has 0 bridgehead atoms. The van der Waals surface area contributed by atoms with Crippen LogP contribution in [0.4, 0.5) is 0 Å². The summed E-state index contributed by atoms with van der Waals surface area (Å²) in [5.74, 6) is -5.19. The molecule has 0 radical (unpaired) electrons. The fraction of sp³-hybridized carbons (Fsp3) is 0.625. The van der Waals surface area contributed by atoms with Crippen molar-refractivity contribution in [2.24, 2.45) is 11.3 Å². The van der Waals surface area contributed by atoms with Gasteiger partial charge in [0.05, 0.1) is 0 Å². The first-order valence-corrected chi connectivity index (χ1v) is 15.6. The van der Waals surface area contributed by atoms with Crippen LogP contribution in [0, 0.1) is 11.3 Å². The van der Waals surface area contributed by atoms with Gasteiger partial charge in [0.2, 0.25) is 0 Å². The fourth-order valence-electron chi connectivity index (χ4n) is 3.48. The normalized spacial score (nSPS) is 13.2. The fourth-order valence-corrected chi connectivity index (χ4v) is 4.88. The summed E-state index contributed by atoms with van der Waals surface area (Å²) in [5, 5.41) is 0. The molecule has 0 saturated carbocycles. The molecule has 230 valence electrons. The summed E-state index contributed by atoms with van der Waals surface area (Å²) < 4.78 is 23.7. The van der Waals surface area contributed by atoms with Gasteiger partial charge in [0.1, 0.15) is 0 Å². The van der Waals surface area contributed by atoms with Crippen LogP contribution in [0.2, 0.25) is 0 Å². The van der Waals surface area contributed by atoms with E-state index in [-0.39, 0.29) is 21.4 Å². The van der Waals surface area contributed by atoms with Crippen LogP contribution in [0.1, 0.15) is 95.9 Å². The first kappa shape index (κ1) is 36.4. The van der Waals surface area contributed by atoms with E-state index in [2.05, 4.69) is 0 Å². The molecule has 0 aliphatic heterocycles. The topological polar surface area (TPSA) is 105 Å². The molecule has 0 aliphatic rings. The maximum atomic E-state index is 14.0. The Labute approximate surface area is 252 Å². The first-order valence-electron chi connectivity index (χ1n) is 13.7. The molecule has 0 aromatic heterocycles. The Hall–Kier alpha value is -2.64. The molecule has 0 aliphatic carbocycles. The molecule has 0 saturated heterocycles. The van der Waals surface area contributed by atoms with E-state index in [0.717, 1.165) is 4.46 Å². The van der Waals surface area contributed by atoms with Crippen molar-refractivity contribution in [2.45, 2.75) is 118 Å². The van der Waals surface area contributed by atoms with E-state index in [1.54, 1.807) is 89.2 Å². The van der Waals surface area contributed by atoms with E-state index >= 15 is 0 Å². The van der Waals surface area contributed by atoms with Gasteiger partial charge in [-0.1, -0.05) is 0 Å². The minimum atomic E-state index is -2.04. The van der Waals surface area contributed by atoms with Crippen molar-refractivity contribution in [3.8, 4) is 0 Å². The Balaban J connectivity index is 3.74. The van der Waals surface area contributed by atoms with Crippen molar-refractivity contribution >= 4 is 43.3 Å². The van der Waals surface area contributed by atoms with Crippen LogP contribution in [-0.2, 0) is 38.1 Å². The molecule has 0 fully saturated rings. The molecule has 41 heavy (non-hydrogen) atoms. The number of ether oxygens (including phenoxy) is 4. The number of esters is 4. The summed E-state index contributed by atoms with van der Waals surface area (Å²) in [7, 11) is 0. The van der Waals surface area contributed by atoms with Gasteiger partial charge in [-0.3, -0.25) is 0 Å². The third kappa shape index (κ3) is 13.7. The molecule has 0 heterocycles. The Morgan fingerprint density at radius 1 is 0.659 bits per heavy atom. The van der Waals surface area contributed by atoms with Crippen LogP contribution in [0.15, 0.2) is 41.4 Å². The second-order valence-corrected chi connectivity index (χ2v) is 16.0. The van der Waals surface area contributed by atoms with Gasteiger partial charge in [-0.2, -0.15) is 0 Å². The van der Waals surface area contributed by atoms with Crippen molar-refractivity contribution in [1.82, 2.24) is 0 Å². The Kier molecular flexibility index (Phi) is 12.4. The summed E-state index contributed by atoms with van der Waals surface area (Å²) in [6.07, 6.45) is 0.999. The monoisotopic (exact) mass is 640 g/mol. The van der Waals surface area contributed by atoms with Crippen molar-refractivity contribution in [3.63, 3.8) is 0 Å². The zero-order valence-electron chi connectivity index (χ0n) is 26.7. The minimum absolute atomic E-state index is 0.0927. The van der Waals surface area contributed by atoms with Crippen molar-refractivity contribution in [2.75, 3.05) is 0 Å². The van der Waals surface area contributed by atoms with E-state index in [0.29, 0.717) is 0 Å². The van der Waals surface area contributed by atoms with E-state index in [1.165, 1.54) is 0 Å². The van der Waals surface area contributed by atoms with Gasteiger partial charge in [0.15, 0.2) is 0 Å². The van der Waals surface area contributed by atoms with Gasteiger partial charge < -0.3 is 0 Å². The van der Waals surface area contributed by atoms with Crippen molar-refractivity contribution in [1.29, 1.82) is 0 Å². The van der Waals surface area contributed by atoms with Gasteiger partial charge in [0.25, 0.3) is 0 Å². The zero-order chi connectivity index (χ0) is 31.9. The number of hydrogen-bond acceptors (Lipinski definition) is 8. The number of benzene rings is 1. The van der Waals surface area contributed by atoms with E-state index in [4.69, 9.17) is 18.9 Å². The molecule has 9 heteroatoms. The maximum absolute atomic E-state index is 14.0. The van der Waals surface area contributed by atoms with Crippen LogP contribution in [0.5, 0.6) is 0 Å². The third-order valence-electron chi connectivity index (χ3n) is 5.02. The van der Waals surface area contributed by atoms with Crippen molar-refractivity contribution in [3.05, 3.63) is 41.4 Å². The Morgan fingerprint density at radius 2 is 1.05 bits per heavy atom. The summed E-state index contributed by atoms with van der Waals surface area (Å²) in [4.78, 5) is 56.7. The standard InChI is InChI=1S/C32H48O8Se/c1-28(2,3)37-24(33)23(25(34)38-29(4,5)6)21-32(26(35)39-30(7,8)9,27(36)40-31(10,11)12)19-16-20-41-22-17-14-13-15-18-22/h13-18,20,23H,19,21H2,1-12H3/b20-16+. The molecule has 0 amide bonds. The molecular formula is C32H48O8Se. The quantitative estimate of drug-likeness (QED) is 0.148. The molecule has 1 rings (SSSR count). The third-order valence-corrected chi connectivity index (χ3v) is 6.86. The summed E-state index contributed by atoms with van der Waals surface area (Å²) >= 11 is -0.0927. The Morgan fingerprint density at radius 3 is 1.41 bits per heavy atom. The number of rotatable bonds is 10. The second kappa shape index (κ2) is 14.0. The molecule has 1 aromatic carbocycles. The molecule has 1 aromatic rings. The average Bonchev–Trinajstić information content (AvgIpc) is 2.74. The van der Waals surface area contributed by atoms with Crippen LogP contribution < -0.4 is 4.46 Å². The van der Waals surface area contributed by atoms with Gasteiger partial charge in [-0.25, -0.2) is 0 Å². The Bertz CT molecular complexity index is 1020. The number of carbonyl (C=O) groups excluding carboxylic acids is 4. The molecule has 0 N–H and O–H groups in total. The first-order chi connectivity index (χ1) is 18.4. The van der Waals surface area contributed by atoms with E-state index in [9.17, 15) is 19.2 Å². The van der Waals surface area contributed by atoms with Crippen LogP contribution in [-0.4, -0.2) is 61.2 Å². The van der Waals surface area contributed by atoms with Crippen LogP contribution in [0.25, 0.3) is 0 Å². The van der Waals surface area contributed by atoms with Gasteiger partial charge >= 0.3 is 252 Å². The van der Waals surface area contributed by atoms with Gasteiger partial charge in [-0.05, 0) is 0 Å². The SMILES string of the molecule is CC(C)(C)OC(=O)C(CC(C/C=C/[Se]c1ccccc1)(C(=O)OC(C)(C)C)C(=O)OC(C)(C)C)C(=O)OC(C)(C)C. The number of hydrogen-bond donors (Lipinski definition) is 0. The summed E-state index contributed by atoms with van der Waals surface area (Å²) in [6, 6.07) is 9.76.